The lowest BCUT2D eigenvalue weighted by Crippen LogP contribution is -2.30. The van der Waals surface area contributed by atoms with Gasteiger partial charge in [0.2, 0.25) is 11.6 Å². The summed E-state index contributed by atoms with van der Waals surface area (Å²) in [6.45, 7) is 2.56. The zero-order valence-electron chi connectivity index (χ0n) is 9.29. The lowest BCUT2D eigenvalue weighted by atomic mass is 9.97. The van der Waals surface area contributed by atoms with Crippen LogP contribution in [0.1, 0.15) is 34.2 Å². The van der Waals surface area contributed by atoms with Crippen LogP contribution in [0.5, 0.6) is 0 Å². The molecule has 0 bridgehead atoms. The van der Waals surface area contributed by atoms with E-state index in [0.29, 0.717) is 12.1 Å². The third kappa shape index (κ3) is 1.96. The number of ketones is 2. The third-order valence-electron chi connectivity index (χ3n) is 2.47. The van der Waals surface area contributed by atoms with E-state index in [2.05, 4.69) is 10.3 Å². The van der Waals surface area contributed by atoms with E-state index in [4.69, 9.17) is 11.6 Å². The number of nitrogens with one attached hydrogen (secondary N) is 1. The lowest BCUT2D eigenvalue weighted by Gasteiger charge is -2.17. The van der Waals surface area contributed by atoms with Gasteiger partial charge in [0.05, 0.1) is 5.56 Å². The molecule has 0 fully saturated rings. The molecule has 0 saturated heterocycles. The van der Waals surface area contributed by atoms with Crippen molar-refractivity contribution in [2.45, 2.75) is 13.3 Å². The van der Waals surface area contributed by atoms with Gasteiger partial charge in [-0.25, -0.2) is 0 Å². The summed E-state index contributed by atoms with van der Waals surface area (Å²) < 4.78 is 0. The fourth-order valence-corrected chi connectivity index (χ4v) is 1.87. The molecule has 1 aliphatic carbocycles. The van der Waals surface area contributed by atoms with E-state index in [9.17, 15) is 9.59 Å². The van der Waals surface area contributed by atoms with Crippen molar-refractivity contribution in [2.24, 2.45) is 0 Å². The SMILES string of the molecule is CCCNC1=C(Cl)C(=O)c2ncccc2C1=O. The molecule has 1 aliphatic rings. The quantitative estimate of drug-likeness (QED) is 0.890. The van der Waals surface area contributed by atoms with Crippen LogP contribution in [-0.2, 0) is 0 Å². The van der Waals surface area contributed by atoms with Gasteiger partial charge in [0.15, 0.2) is 0 Å². The molecule has 0 saturated carbocycles. The molecule has 1 aromatic rings. The summed E-state index contributed by atoms with van der Waals surface area (Å²) in [7, 11) is 0. The summed E-state index contributed by atoms with van der Waals surface area (Å²) in [5.41, 5.74) is 0.615. The van der Waals surface area contributed by atoms with Crippen molar-refractivity contribution < 1.29 is 9.59 Å². The Kier molecular flexibility index (Phi) is 3.24. The van der Waals surface area contributed by atoms with Gasteiger partial charge in [-0.2, -0.15) is 0 Å². The topological polar surface area (TPSA) is 59.1 Å². The van der Waals surface area contributed by atoms with Gasteiger partial charge in [-0.3, -0.25) is 14.6 Å². The molecule has 0 atom stereocenters. The molecule has 0 spiro atoms. The molecule has 0 aromatic carbocycles. The van der Waals surface area contributed by atoms with Gasteiger partial charge in [-0.1, -0.05) is 18.5 Å². The van der Waals surface area contributed by atoms with Crippen molar-refractivity contribution >= 4 is 23.2 Å². The van der Waals surface area contributed by atoms with Gasteiger partial charge < -0.3 is 5.32 Å². The average Bonchev–Trinajstić information content (AvgIpc) is 2.36. The predicted molar refractivity (Wildman–Crippen MR) is 64.1 cm³/mol. The van der Waals surface area contributed by atoms with E-state index in [1.54, 1.807) is 12.1 Å². The minimum Gasteiger partial charge on any atom is -0.381 e. The molecular weight excluding hydrogens is 240 g/mol. The van der Waals surface area contributed by atoms with Gasteiger partial charge in [-0.05, 0) is 18.6 Å². The standard InChI is InChI=1S/C12H11ClN2O2/c1-2-5-14-10-8(13)12(17)9-7(11(10)16)4-3-6-15-9/h3-4,6,14H,2,5H2,1H3. The Labute approximate surface area is 104 Å². The van der Waals surface area contributed by atoms with E-state index >= 15 is 0 Å². The highest BCUT2D eigenvalue weighted by molar-refractivity contribution is 6.49. The number of hydrogen-bond donors (Lipinski definition) is 1. The maximum absolute atomic E-state index is 12.1. The molecule has 0 unspecified atom stereocenters. The van der Waals surface area contributed by atoms with Crippen LogP contribution in [0, 0.1) is 0 Å². The predicted octanol–water partition coefficient (Wildman–Crippen LogP) is 1.91. The number of nitrogens with zero attached hydrogens (tertiary/aromatic N) is 1. The second-order valence-corrected chi connectivity index (χ2v) is 4.05. The van der Waals surface area contributed by atoms with Crippen molar-refractivity contribution in [3.8, 4) is 0 Å². The van der Waals surface area contributed by atoms with Crippen molar-refractivity contribution in [3.63, 3.8) is 0 Å². The fraction of sp³-hybridized carbons (Fsp3) is 0.250. The maximum atomic E-state index is 12.1. The summed E-state index contributed by atoms with van der Waals surface area (Å²) in [4.78, 5) is 27.9. The average molecular weight is 251 g/mol. The maximum Gasteiger partial charge on any atom is 0.225 e. The number of carbonyl (C=O) groups excluding carboxylic acids is 2. The fourth-order valence-electron chi connectivity index (χ4n) is 1.63. The molecule has 17 heavy (non-hydrogen) atoms. The van der Waals surface area contributed by atoms with Gasteiger partial charge >= 0.3 is 0 Å². The van der Waals surface area contributed by atoms with E-state index in [-0.39, 0.29) is 22.2 Å². The van der Waals surface area contributed by atoms with Crippen molar-refractivity contribution in [1.29, 1.82) is 0 Å². The normalized spacial score (nSPS) is 14.9. The number of rotatable bonds is 3. The van der Waals surface area contributed by atoms with Gasteiger partial charge in [-0.15, -0.1) is 0 Å². The van der Waals surface area contributed by atoms with E-state index in [1.807, 2.05) is 6.92 Å². The third-order valence-corrected chi connectivity index (χ3v) is 2.83. The van der Waals surface area contributed by atoms with Crippen LogP contribution in [0.25, 0.3) is 0 Å². The summed E-state index contributed by atoms with van der Waals surface area (Å²) in [6.07, 6.45) is 2.31. The number of hydrogen-bond acceptors (Lipinski definition) is 4. The Hall–Kier alpha value is -1.68. The first kappa shape index (κ1) is 11.8. The monoisotopic (exact) mass is 250 g/mol. The van der Waals surface area contributed by atoms with Crippen LogP contribution in [0.4, 0.5) is 0 Å². The minimum absolute atomic E-state index is 0.0744. The van der Waals surface area contributed by atoms with E-state index < -0.39 is 5.78 Å². The number of allylic oxidation sites excluding steroid dienone is 2. The first-order chi connectivity index (χ1) is 8.16. The Morgan fingerprint density at radius 2 is 2.12 bits per heavy atom. The second kappa shape index (κ2) is 4.67. The molecular formula is C12H11ClN2O2. The number of carbonyl (C=O) groups is 2. The Morgan fingerprint density at radius 3 is 2.82 bits per heavy atom. The van der Waals surface area contributed by atoms with Gasteiger partial charge in [0.25, 0.3) is 0 Å². The Bertz CT molecular complexity index is 523. The zero-order chi connectivity index (χ0) is 12.4. The smallest absolute Gasteiger partial charge is 0.225 e. The summed E-state index contributed by atoms with van der Waals surface area (Å²) in [5.74, 6) is -0.674. The number of halogens is 1. The Balaban J connectivity index is 2.47. The van der Waals surface area contributed by atoms with Crippen LogP contribution < -0.4 is 5.32 Å². The highest BCUT2D eigenvalue weighted by atomic mass is 35.5. The van der Waals surface area contributed by atoms with Crippen LogP contribution in [-0.4, -0.2) is 23.1 Å². The highest BCUT2D eigenvalue weighted by Crippen LogP contribution is 2.25. The first-order valence-electron chi connectivity index (χ1n) is 5.35. The molecule has 0 amide bonds. The molecule has 2 rings (SSSR count). The second-order valence-electron chi connectivity index (χ2n) is 3.67. The number of Topliss-reactive ketones (excluding diaryl/α,β-unsaturated/α-hetero) is 2. The summed E-state index contributed by atoms with van der Waals surface area (Å²) in [6, 6.07) is 3.21. The Morgan fingerprint density at radius 1 is 1.35 bits per heavy atom. The largest absolute Gasteiger partial charge is 0.381 e. The zero-order valence-corrected chi connectivity index (χ0v) is 10.0. The van der Waals surface area contributed by atoms with E-state index in [0.717, 1.165) is 6.42 Å². The summed E-state index contributed by atoms with van der Waals surface area (Å²) >= 11 is 5.90. The van der Waals surface area contributed by atoms with Gasteiger partial charge in [0.1, 0.15) is 16.4 Å². The molecule has 1 N–H and O–H groups in total. The number of pyridine rings is 1. The van der Waals surface area contributed by atoms with Crippen LogP contribution in [0.2, 0.25) is 0 Å². The molecule has 88 valence electrons. The van der Waals surface area contributed by atoms with Crippen molar-refractivity contribution in [1.82, 2.24) is 10.3 Å². The number of fused-ring (bicyclic) bond motifs is 1. The van der Waals surface area contributed by atoms with E-state index in [1.165, 1.54) is 6.20 Å². The molecule has 0 radical (unpaired) electrons. The van der Waals surface area contributed by atoms with Crippen LogP contribution >= 0.6 is 11.6 Å². The molecule has 0 aliphatic heterocycles. The molecule has 1 heterocycles. The molecule has 5 heteroatoms. The van der Waals surface area contributed by atoms with Crippen LogP contribution in [0.15, 0.2) is 29.1 Å². The first-order valence-corrected chi connectivity index (χ1v) is 5.72. The van der Waals surface area contributed by atoms with Crippen molar-refractivity contribution in [2.75, 3.05) is 6.54 Å². The minimum atomic E-state index is -0.402. The lowest BCUT2D eigenvalue weighted by molar-refractivity contribution is 0.0971. The van der Waals surface area contributed by atoms with Crippen LogP contribution in [0.3, 0.4) is 0 Å². The van der Waals surface area contributed by atoms with Crippen molar-refractivity contribution in [3.05, 3.63) is 40.3 Å². The van der Waals surface area contributed by atoms with Gasteiger partial charge in [0, 0.05) is 12.7 Å². The highest BCUT2D eigenvalue weighted by Gasteiger charge is 2.31. The number of aromatic nitrogens is 1. The molecule has 4 nitrogen and oxygen atoms in total. The molecule has 1 aromatic heterocycles. The summed E-state index contributed by atoms with van der Waals surface area (Å²) in [5, 5.41) is 2.82.